The highest BCUT2D eigenvalue weighted by Gasteiger charge is 2.26. The first kappa shape index (κ1) is 18.2. The highest BCUT2D eigenvalue weighted by atomic mass is 16.5. The van der Waals surface area contributed by atoms with E-state index in [4.69, 9.17) is 4.74 Å². The number of hydrogen-bond acceptors (Lipinski definition) is 4. The summed E-state index contributed by atoms with van der Waals surface area (Å²) in [4.78, 5) is 17.6. The number of ether oxygens (including phenoxy) is 1. The molecule has 3 heterocycles. The Morgan fingerprint density at radius 2 is 2.04 bits per heavy atom. The van der Waals surface area contributed by atoms with Gasteiger partial charge in [-0.2, -0.15) is 5.10 Å². The predicted octanol–water partition coefficient (Wildman–Crippen LogP) is 2.26. The summed E-state index contributed by atoms with van der Waals surface area (Å²) in [6, 6.07) is 9.82. The second-order valence-electron chi connectivity index (χ2n) is 7.51. The van der Waals surface area contributed by atoms with Gasteiger partial charge in [0.2, 0.25) is 0 Å². The maximum atomic E-state index is 13.1. The monoisotopic (exact) mass is 368 g/mol. The molecule has 144 valence electrons. The molecule has 1 amide bonds. The largest absolute Gasteiger partial charge is 0.375 e. The molecular weight excluding hydrogens is 340 g/mol. The third kappa shape index (κ3) is 4.76. The van der Waals surface area contributed by atoms with Crippen molar-refractivity contribution >= 4 is 5.91 Å². The highest BCUT2D eigenvalue weighted by molar-refractivity contribution is 5.94. The Morgan fingerprint density at radius 1 is 1.15 bits per heavy atom. The van der Waals surface area contributed by atoms with Crippen LogP contribution in [0.4, 0.5) is 0 Å². The van der Waals surface area contributed by atoms with Crippen LogP contribution in [0.15, 0.2) is 42.7 Å². The molecular formula is C21H28N4O2. The summed E-state index contributed by atoms with van der Waals surface area (Å²) in [5.41, 5.74) is 1.84. The normalized spacial score (nSPS) is 21.3. The maximum Gasteiger partial charge on any atom is 0.253 e. The minimum Gasteiger partial charge on any atom is -0.375 e. The summed E-state index contributed by atoms with van der Waals surface area (Å²) in [7, 11) is 0. The Hall–Kier alpha value is -2.18. The average molecular weight is 368 g/mol. The summed E-state index contributed by atoms with van der Waals surface area (Å²) >= 11 is 0. The summed E-state index contributed by atoms with van der Waals surface area (Å²) < 4.78 is 7.90. The van der Waals surface area contributed by atoms with Gasteiger partial charge in [-0.15, -0.1) is 0 Å². The molecule has 0 radical (unpaired) electrons. The van der Waals surface area contributed by atoms with Crippen LogP contribution in [0.3, 0.4) is 0 Å². The third-order valence-corrected chi connectivity index (χ3v) is 5.38. The van der Waals surface area contributed by atoms with E-state index in [1.54, 1.807) is 6.20 Å². The number of carbonyl (C=O) groups excluding carboxylic acids is 1. The predicted molar refractivity (Wildman–Crippen MR) is 104 cm³/mol. The van der Waals surface area contributed by atoms with Crippen molar-refractivity contribution in [3.8, 4) is 0 Å². The lowest BCUT2D eigenvalue weighted by Gasteiger charge is -2.27. The Morgan fingerprint density at radius 3 is 2.85 bits per heavy atom. The molecule has 2 saturated heterocycles. The van der Waals surface area contributed by atoms with Gasteiger partial charge in [0.25, 0.3) is 5.91 Å². The van der Waals surface area contributed by atoms with Crippen LogP contribution in [0.2, 0.25) is 0 Å². The minimum absolute atomic E-state index is 0.106. The number of benzene rings is 1. The van der Waals surface area contributed by atoms with E-state index in [-0.39, 0.29) is 12.0 Å². The lowest BCUT2D eigenvalue weighted by atomic mass is 10.1. The Labute approximate surface area is 160 Å². The van der Waals surface area contributed by atoms with Gasteiger partial charge in [-0.05, 0) is 56.1 Å². The fourth-order valence-corrected chi connectivity index (χ4v) is 4.01. The summed E-state index contributed by atoms with van der Waals surface area (Å²) in [5, 5.41) is 4.25. The van der Waals surface area contributed by atoms with E-state index in [2.05, 4.69) is 10.00 Å². The highest BCUT2D eigenvalue weighted by Crippen LogP contribution is 2.16. The van der Waals surface area contributed by atoms with Crippen molar-refractivity contribution in [1.29, 1.82) is 0 Å². The molecule has 1 aromatic heterocycles. The number of likely N-dealkylation sites (tertiary alicyclic amines) is 1. The molecule has 2 aliphatic heterocycles. The molecule has 0 N–H and O–H groups in total. The fourth-order valence-electron chi connectivity index (χ4n) is 4.01. The molecule has 0 saturated carbocycles. The van der Waals surface area contributed by atoms with Gasteiger partial charge in [0.05, 0.1) is 12.6 Å². The van der Waals surface area contributed by atoms with Crippen molar-refractivity contribution < 1.29 is 9.53 Å². The van der Waals surface area contributed by atoms with Gasteiger partial charge in [-0.3, -0.25) is 9.48 Å². The molecule has 6 heteroatoms. The van der Waals surface area contributed by atoms with Gasteiger partial charge >= 0.3 is 0 Å². The number of amides is 1. The standard InChI is InChI=1S/C21H28N4O2/c26-21(19-7-3-6-18(14-19)15-25-12-4-8-22-25)24-11-5-13-27-20(17-24)16-23-9-1-2-10-23/h3-4,6-8,12,14,20H,1-2,5,9-11,13,15-17H2/t20-/m0/s1. The molecule has 1 atom stereocenters. The molecule has 4 rings (SSSR count). The number of hydrogen-bond donors (Lipinski definition) is 0. The minimum atomic E-state index is 0.106. The van der Waals surface area contributed by atoms with E-state index in [1.807, 2.05) is 46.1 Å². The number of rotatable bonds is 5. The molecule has 6 nitrogen and oxygen atoms in total. The van der Waals surface area contributed by atoms with Gasteiger partial charge in [-0.1, -0.05) is 12.1 Å². The second kappa shape index (κ2) is 8.67. The van der Waals surface area contributed by atoms with Crippen molar-refractivity contribution in [2.24, 2.45) is 0 Å². The zero-order valence-corrected chi connectivity index (χ0v) is 15.8. The lowest BCUT2D eigenvalue weighted by molar-refractivity contribution is 0.0297. The van der Waals surface area contributed by atoms with Gasteiger partial charge in [0, 0.05) is 44.2 Å². The summed E-state index contributed by atoms with van der Waals surface area (Å²) in [6.45, 7) is 6.10. The van der Waals surface area contributed by atoms with Crippen LogP contribution in [-0.4, -0.2) is 70.9 Å². The van der Waals surface area contributed by atoms with Crippen LogP contribution in [0.1, 0.15) is 35.2 Å². The van der Waals surface area contributed by atoms with E-state index in [1.165, 1.54) is 12.8 Å². The number of carbonyl (C=O) groups is 1. The van der Waals surface area contributed by atoms with Crippen molar-refractivity contribution in [2.45, 2.75) is 31.9 Å². The van der Waals surface area contributed by atoms with Gasteiger partial charge < -0.3 is 14.5 Å². The molecule has 0 bridgehead atoms. The molecule has 2 aromatic rings. The van der Waals surface area contributed by atoms with Crippen molar-refractivity contribution in [3.05, 3.63) is 53.9 Å². The smallest absolute Gasteiger partial charge is 0.253 e. The van der Waals surface area contributed by atoms with E-state index >= 15 is 0 Å². The molecule has 2 aliphatic rings. The molecule has 2 fully saturated rings. The zero-order chi connectivity index (χ0) is 18.5. The van der Waals surface area contributed by atoms with Crippen molar-refractivity contribution in [2.75, 3.05) is 39.3 Å². The van der Waals surface area contributed by atoms with E-state index < -0.39 is 0 Å². The molecule has 0 aliphatic carbocycles. The van der Waals surface area contributed by atoms with E-state index in [9.17, 15) is 4.79 Å². The third-order valence-electron chi connectivity index (χ3n) is 5.38. The van der Waals surface area contributed by atoms with Crippen LogP contribution < -0.4 is 0 Å². The Bertz CT molecular complexity index is 740. The molecule has 0 unspecified atom stereocenters. The maximum absolute atomic E-state index is 13.1. The molecule has 27 heavy (non-hydrogen) atoms. The fraction of sp³-hybridized carbons (Fsp3) is 0.524. The second-order valence-corrected chi connectivity index (χ2v) is 7.51. The zero-order valence-electron chi connectivity index (χ0n) is 15.8. The van der Waals surface area contributed by atoms with E-state index in [0.717, 1.165) is 50.3 Å². The van der Waals surface area contributed by atoms with Gasteiger partial charge in [0.15, 0.2) is 0 Å². The number of aromatic nitrogens is 2. The summed E-state index contributed by atoms with van der Waals surface area (Å²) in [5.74, 6) is 0.106. The average Bonchev–Trinajstić information content (AvgIpc) is 3.33. The number of nitrogens with zero attached hydrogens (tertiary/aromatic N) is 4. The Kier molecular flexibility index (Phi) is 5.84. The molecule has 0 spiro atoms. The first-order chi connectivity index (χ1) is 13.3. The van der Waals surface area contributed by atoms with Gasteiger partial charge in [-0.25, -0.2) is 0 Å². The SMILES string of the molecule is O=C(c1cccc(Cn2cccn2)c1)N1CCCO[C@@H](CN2CCCC2)C1. The van der Waals surface area contributed by atoms with Crippen molar-refractivity contribution in [3.63, 3.8) is 0 Å². The summed E-state index contributed by atoms with van der Waals surface area (Å²) in [6.07, 6.45) is 7.27. The van der Waals surface area contributed by atoms with Crippen molar-refractivity contribution in [1.82, 2.24) is 19.6 Å². The van der Waals surface area contributed by atoms with Gasteiger partial charge in [0.1, 0.15) is 0 Å². The van der Waals surface area contributed by atoms with Crippen LogP contribution in [-0.2, 0) is 11.3 Å². The van der Waals surface area contributed by atoms with Crippen LogP contribution >= 0.6 is 0 Å². The lowest BCUT2D eigenvalue weighted by Crippen LogP contribution is -2.41. The van der Waals surface area contributed by atoms with Crippen LogP contribution in [0, 0.1) is 0 Å². The first-order valence-electron chi connectivity index (χ1n) is 9.97. The van der Waals surface area contributed by atoms with Crippen LogP contribution in [0.25, 0.3) is 0 Å². The van der Waals surface area contributed by atoms with E-state index in [0.29, 0.717) is 13.1 Å². The quantitative estimate of drug-likeness (QED) is 0.812. The van der Waals surface area contributed by atoms with Crippen LogP contribution in [0.5, 0.6) is 0 Å². The first-order valence-corrected chi connectivity index (χ1v) is 9.97. The Balaban J connectivity index is 1.42. The molecule has 1 aromatic carbocycles. The topological polar surface area (TPSA) is 50.6 Å².